The van der Waals surface area contributed by atoms with Crippen molar-refractivity contribution in [1.29, 1.82) is 0 Å². The van der Waals surface area contributed by atoms with Crippen molar-refractivity contribution < 1.29 is 56.8 Å². The number of carbonyl (C=O) groups is 4. The van der Waals surface area contributed by atoms with E-state index in [1.807, 2.05) is 6.07 Å². The summed E-state index contributed by atoms with van der Waals surface area (Å²) in [6, 6.07) is 9.88. The molecule has 0 fully saturated rings. The highest BCUT2D eigenvalue weighted by atomic mass is 32.2. The van der Waals surface area contributed by atoms with Gasteiger partial charge in [0.1, 0.15) is 19.0 Å². The third-order valence-corrected chi connectivity index (χ3v) is 10.7. The van der Waals surface area contributed by atoms with Gasteiger partial charge in [0.2, 0.25) is 0 Å². The zero-order chi connectivity index (χ0) is 42.8. The van der Waals surface area contributed by atoms with Gasteiger partial charge in [0.15, 0.2) is 5.78 Å². The second kappa shape index (κ2) is 32.8. The number of aliphatic carboxylic acids is 2. The minimum atomic E-state index is -3.88. The normalized spacial score (nSPS) is 11.4. The first kappa shape index (κ1) is 51.2. The Labute approximate surface area is 350 Å². The van der Waals surface area contributed by atoms with E-state index in [1.165, 1.54) is 82.5 Å². The quantitative estimate of drug-likeness (QED) is 0.0500. The molecule has 2 rings (SSSR count). The van der Waals surface area contributed by atoms with Gasteiger partial charge in [-0.1, -0.05) is 95.6 Å². The number of hydrogen-bond acceptors (Lipinski definition) is 11. The van der Waals surface area contributed by atoms with Crippen molar-refractivity contribution in [3.05, 3.63) is 53.7 Å². The number of carboxylic acids is 2. The molecule has 0 radical (unpaired) electrons. The van der Waals surface area contributed by atoms with Gasteiger partial charge in [0.25, 0.3) is 15.9 Å². The fraction of sp³-hybridized carbons (Fsp3) is 0.651. The van der Waals surface area contributed by atoms with Crippen LogP contribution in [0.1, 0.15) is 131 Å². The number of amides is 1. The number of sulfonamides is 1. The molecular formula is C43H67N3O12S. The number of carboxylic acid groups (broad SMARTS) is 2. The summed E-state index contributed by atoms with van der Waals surface area (Å²) in [5, 5.41) is 19.9. The lowest BCUT2D eigenvalue weighted by atomic mass is 10.0. The monoisotopic (exact) mass is 849 g/mol. The maximum Gasteiger partial charge on any atom is 0.329 e. The van der Waals surface area contributed by atoms with Crippen molar-refractivity contribution in [2.45, 2.75) is 127 Å². The second-order valence-electron chi connectivity index (χ2n) is 14.5. The van der Waals surface area contributed by atoms with Gasteiger partial charge in [0.05, 0.1) is 43.5 Å². The minimum absolute atomic E-state index is 0.0418. The molecule has 0 spiro atoms. The van der Waals surface area contributed by atoms with Gasteiger partial charge in [-0.15, -0.1) is 0 Å². The number of Topliss-reactive ketones (excluding diaryl/α,β-unsaturated/α-hetero) is 1. The number of anilines is 1. The van der Waals surface area contributed by atoms with Gasteiger partial charge in [0, 0.05) is 32.2 Å². The number of nitrogens with zero attached hydrogens (tertiary/aromatic N) is 1. The lowest BCUT2D eigenvalue weighted by Crippen LogP contribution is -2.28. The number of benzene rings is 1. The van der Waals surface area contributed by atoms with Crippen molar-refractivity contribution in [2.24, 2.45) is 0 Å². The fourth-order valence-corrected chi connectivity index (χ4v) is 7.20. The second-order valence-corrected chi connectivity index (χ2v) is 16.2. The van der Waals surface area contributed by atoms with Gasteiger partial charge < -0.3 is 34.5 Å². The van der Waals surface area contributed by atoms with Crippen molar-refractivity contribution in [1.82, 2.24) is 10.3 Å². The van der Waals surface area contributed by atoms with Crippen LogP contribution < -0.4 is 10.0 Å². The highest BCUT2D eigenvalue weighted by Crippen LogP contribution is 2.19. The zero-order valence-electron chi connectivity index (χ0n) is 34.7. The van der Waals surface area contributed by atoms with Crippen LogP contribution in [0, 0.1) is 0 Å². The number of aryl methyl sites for hydroxylation is 1. The standard InChI is InChI=1S/C43H67N3O12S/c47-38(20-17-26-55-28-31-58-35-42(50)51)34-57-30-29-56-27-25-44-43(52)37-23-24-40(45-33-37)46-59(53,54)39-21-16-19-36(32-39)18-14-12-10-8-6-4-2-1-3-5-7-9-11-13-15-22-41(48)49/h16,19,21,23-24,32-33H,1-15,17-18,20,22,25-31,34-35H2,(H,44,52)(H,45,46)(H,48,49)(H,50,51). The van der Waals surface area contributed by atoms with Crippen LogP contribution in [0.15, 0.2) is 47.5 Å². The molecule has 4 N–H and O–H groups in total. The van der Waals surface area contributed by atoms with Gasteiger partial charge in [-0.3, -0.25) is 19.1 Å². The van der Waals surface area contributed by atoms with Crippen LogP contribution >= 0.6 is 0 Å². The lowest BCUT2D eigenvalue weighted by molar-refractivity contribution is -0.143. The van der Waals surface area contributed by atoms with Gasteiger partial charge in [-0.05, 0) is 55.5 Å². The van der Waals surface area contributed by atoms with E-state index in [2.05, 4.69) is 15.0 Å². The van der Waals surface area contributed by atoms with Crippen molar-refractivity contribution in [2.75, 3.05) is 64.1 Å². The van der Waals surface area contributed by atoms with E-state index in [-0.39, 0.29) is 87.2 Å². The molecule has 0 unspecified atom stereocenters. The van der Waals surface area contributed by atoms with E-state index < -0.39 is 22.0 Å². The third-order valence-electron chi connectivity index (χ3n) is 9.34. The molecule has 1 aromatic carbocycles. The maximum absolute atomic E-state index is 13.1. The summed E-state index contributed by atoms with van der Waals surface area (Å²) in [5.74, 6) is -2.09. The molecular weight excluding hydrogens is 783 g/mol. The first-order valence-electron chi connectivity index (χ1n) is 21.2. The third kappa shape index (κ3) is 27.4. The van der Waals surface area contributed by atoms with Crippen LogP contribution in [0.25, 0.3) is 0 Å². The molecule has 1 heterocycles. The number of aromatic nitrogens is 1. The van der Waals surface area contributed by atoms with E-state index in [1.54, 1.807) is 18.2 Å². The fourth-order valence-electron chi connectivity index (χ4n) is 6.12. The molecule has 0 bridgehead atoms. The molecule has 1 aromatic heterocycles. The molecule has 2 aromatic rings. The van der Waals surface area contributed by atoms with Crippen LogP contribution in [0.2, 0.25) is 0 Å². The van der Waals surface area contributed by atoms with Crippen LogP contribution in [0.3, 0.4) is 0 Å². The first-order valence-corrected chi connectivity index (χ1v) is 22.7. The Morgan fingerprint density at radius 3 is 1.76 bits per heavy atom. The van der Waals surface area contributed by atoms with Gasteiger partial charge >= 0.3 is 11.9 Å². The Kier molecular flexibility index (Phi) is 28.5. The summed E-state index contributed by atoms with van der Waals surface area (Å²) >= 11 is 0. The van der Waals surface area contributed by atoms with Crippen molar-refractivity contribution in [3.63, 3.8) is 0 Å². The number of carbonyl (C=O) groups excluding carboxylic acids is 2. The molecule has 0 aliphatic carbocycles. The highest BCUT2D eigenvalue weighted by molar-refractivity contribution is 7.92. The topological polar surface area (TPSA) is 217 Å². The Morgan fingerprint density at radius 2 is 1.17 bits per heavy atom. The minimum Gasteiger partial charge on any atom is -0.481 e. The number of pyridine rings is 1. The van der Waals surface area contributed by atoms with Crippen molar-refractivity contribution in [3.8, 4) is 0 Å². The summed E-state index contributed by atoms with van der Waals surface area (Å²) in [6.45, 7) is 1.30. The molecule has 0 saturated heterocycles. The van der Waals surface area contributed by atoms with Crippen LogP contribution in [0.5, 0.6) is 0 Å². The van der Waals surface area contributed by atoms with E-state index in [0.29, 0.717) is 19.4 Å². The summed E-state index contributed by atoms with van der Waals surface area (Å²) < 4.78 is 49.6. The number of hydrogen-bond donors (Lipinski definition) is 4. The van der Waals surface area contributed by atoms with E-state index >= 15 is 0 Å². The molecule has 0 aliphatic rings. The average molecular weight is 850 g/mol. The molecule has 332 valence electrons. The van der Waals surface area contributed by atoms with Gasteiger partial charge in [-0.25, -0.2) is 18.2 Å². The smallest absolute Gasteiger partial charge is 0.329 e. The van der Waals surface area contributed by atoms with E-state index in [0.717, 1.165) is 44.1 Å². The van der Waals surface area contributed by atoms with Crippen molar-refractivity contribution >= 4 is 39.5 Å². The SMILES string of the molecule is O=C(O)CCCCCCCCCCCCCCCCCc1cccc(S(=O)(=O)Nc2ccc(C(=O)NCCOCCOCC(=O)CCCOCCOCC(=O)O)cn2)c1. The largest absolute Gasteiger partial charge is 0.481 e. The first-order chi connectivity index (χ1) is 28.6. The number of nitrogens with one attached hydrogen (secondary N) is 2. The maximum atomic E-state index is 13.1. The number of ether oxygens (including phenoxy) is 4. The van der Waals surface area contributed by atoms with Crippen LogP contribution in [-0.2, 0) is 49.8 Å². The summed E-state index contributed by atoms with van der Waals surface area (Å²) in [5.41, 5.74) is 1.23. The Bertz CT molecular complexity index is 1570. The summed E-state index contributed by atoms with van der Waals surface area (Å²) in [6.07, 6.45) is 20.8. The van der Waals surface area contributed by atoms with Gasteiger partial charge in [-0.2, -0.15) is 0 Å². The Hall–Kier alpha value is -3.96. The Morgan fingerprint density at radius 1 is 0.593 bits per heavy atom. The highest BCUT2D eigenvalue weighted by Gasteiger charge is 2.16. The van der Waals surface area contributed by atoms with E-state index in [4.69, 9.17) is 29.2 Å². The predicted octanol–water partition coefficient (Wildman–Crippen LogP) is 6.98. The number of ketones is 1. The zero-order valence-corrected chi connectivity index (χ0v) is 35.5. The number of unbranched alkanes of at least 4 members (excludes halogenated alkanes) is 14. The molecule has 16 heteroatoms. The molecule has 0 saturated carbocycles. The molecule has 0 aliphatic heterocycles. The lowest BCUT2D eigenvalue weighted by Gasteiger charge is -2.10. The Balaban J connectivity index is 1.50. The van der Waals surface area contributed by atoms with Crippen LogP contribution in [-0.4, -0.2) is 107 Å². The number of rotatable bonds is 39. The average Bonchev–Trinajstić information content (AvgIpc) is 3.21. The molecule has 1 amide bonds. The molecule has 59 heavy (non-hydrogen) atoms. The predicted molar refractivity (Wildman–Crippen MR) is 224 cm³/mol. The van der Waals surface area contributed by atoms with Crippen LogP contribution in [0.4, 0.5) is 5.82 Å². The van der Waals surface area contributed by atoms with E-state index in [9.17, 15) is 27.6 Å². The summed E-state index contributed by atoms with van der Waals surface area (Å²) in [7, 11) is -3.88. The molecule has 15 nitrogen and oxygen atoms in total. The summed E-state index contributed by atoms with van der Waals surface area (Å²) in [4.78, 5) is 49.6. The molecule has 0 atom stereocenters.